The molecule has 0 spiro atoms. The molecule has 0 radical (unpaired) electrons. The molecule has 1 amide bonds. The van der Waals surface area contributed by atoms with Crippen LogP contribution in [0.4, 0.5) is 32.0 Å². The summed E-state index contributed by atoms with van der Waals surface area (Å²) in [5.74, 6) is -6.58. The molecule has 1 atom stereocenters. The maximum Gasteiger partial charge on any atom is 0.459 e. The number of hydrogen-bond acceptors (Lipinski definition) is 3. The number of amides is 1. The molecule has 1 aliphatic rings. The molecule has 2 aromatic carbocycles. The number of fused-ring (bicyclic) bond motifs is 2. The second kappa shape index (κ2) is 7.82. The van der Waals surface area contributed by atoms with E-state index in [1.807, 2.05) is 12.1 Å². The molecule has 5 rings (SSSR count). The lowest BCUT2D eigenvalue weighted by Gasteiger charge is -2.22. The highest BCUT2D eigenvalue weighted by atomic mass is 19.4. The van der Waals surface area contributed by atoms with Crippen molar-refractivity contribution in [3.8, 4) is 11.3 Å². The Bertz CT molecular complexity index is 1440. The lowest BCUT2D eigenvalue weighted by atomic mass is 10.1. The fourth-order valence-electron chi connectivity index (χ4n) is 4.21. The Morgan fingerprint density at radius 2 is 1.69 bits per heavy atom. The van der Waals surface area contributed by atoms with Gasteiger partial charge in [-0.15, -0.1) is 0 Å². The topological polar surface area (TPSA) is 50.5 Å². The Morgan fingerprint density at radius 3 is 2.37 bits per heavy atom. The highest BCUT2D eigenvalue weighted by molar-refractivity contribution is 6.07. The van der Waals surface area contributed by atoms with E-state index in [-0.39, 0.29) is 28.6 Å². The molecule has 0 fully saturated rings. The first-order valence-electron chi connectivity index (χ1n) is 10.5. The highest BCUT2D eigenvalue weighted by Crippen LogP contribution is 2.44. The van der Waals surface area contributed by atoms with Crippen molar-refractivity contribution >= 4 is 17.2 Å². The highest BCUT2D eigenvalue weighted by Gasteiger charge is 2.60. The van der Waals surface area contributed by atoms with Crippen LogP contribution < -0.4 is 4.90 Å². The molecule has 1 unspecified atom stereocenters. The normalized spacial score (nSPS) is 16.1. The van der Waals surface area contributed by atoms with Crippen molar-refractivity contribution in [2.24, 2.45) is 0 Å². The van der Waals surface area contributed by atoms with Crippen LogP contribution in [0, 0.1) is 5.82 Å². The predicted molar refractivity (Wildman–Crippen MR) is 115 cm³/mol. The molecule has 4 aromatic rings. The number of aromatic nitrogens is 3. The van der Waals surface area contributed by atoms with Crippen molar-refractivity contribution in [3.05, 3.63) is 83.4 Å². The number of rotatable bonds is 3. The van der Waals surface area contributed by atoms with Crippen molar-refractivity contribution in [1.82, 2.24) is 14.6 Å². The van der Waals surface area contributed by atoms with Gasteiger partial charge >= 0.3 is 12.1 Å². The third-order valence-electron chi connectivity index (χ3n) is 5.89. The summed E-state index contributed by atoms with van der Waals surface area (Å²) in [7, 11) is 0. The largest absolute Gasteiger partial charge is 0.459 e. The molecule has 3 heterocycles. The number of anilines is 1. The van der Waals surface area contributed by atoms with Crippen LogP contribution >= 0.6 is 0 Å². The van der Waals surface area contributed by atoms with E-state index in [0.717, 1.165) is 23.8 Å². The van der Waals surface area contributed by atoms with Crippen molar-refractivity contribution in [2.45, 2.75) is 31.5 Å². The van der Waals surface area contributed by atoms with Crippen LogP contribution in [0.25, 0.3) is 16.9 Å². The van der Waals surface area contributed by atoms with Gasteiger partial charge in [-0.25, -0.2) is 13.9 Å². The number of nitrogens with zero attached hydrogens (tertiary/aromatic N) is 4. The van der Waals surface area contributed by atoms with Gasteiger partial charge in [-0.05, 0) is 55.3 Å². The molecule has 1 aliphatic heterocycles. The van der Waals surface area contributed by atoms with Gasteiger partial charge in [-0.3, -0.25) is 4.79 Å². The van der Waals surface area contributed by atoms with E-state index in [1.54, 1.807) is 19.1 Å². The lowest BCUT2D eigenvalue weighted by Crippen LogP contribution is -2.37. The van der Waals surface area contributed by atoms with E-state index in [1.165, 1.54) is 17.0 Å². The van der Waals surface area contributed by atoms with Crippen molar-refractivity contribution in [1.29, 1.82) is 0 Å². The van der Waals surface area contributed by atoms with Gasteiger partial charge in [-0.1, -0.05) is 18.2 Å². The van der Waals surface area contributed by atoms with Gasteiger partial charge in [0.05, 0.1) is 5.69 Å². The SMILES string of the molecule is CC1Cc2ccccc2N1C(=O)c1cc2nc(-c3ccc(F)cc3)cc(C(F)(F)C(F)(F)F)n2n1. The minimum absolute atomic E-state index is 0.115. The van der Waals surface area contributed by atoms with Crippen LogP contribution in [0.3, 0.4) is 0 Å². The Kier molecular flexibility index (Phi) is 5.11. The van der Waals surface area contributed by atoms with Crippen LogP contribution in [-0.4, -0.2) is 32.7 Å². The summed E-state index contributed by atoms with van der Waals surface area (Å²) < 4.78 is 82.7. The molecule has 2 aromatic heterocycles. The number of para-hydroxylation sites is 1. The third kappa shape index (κ3) is 3.71. The summed E-state index contributed by atoms with van der Waals surface area (Å²) in [6.45, 7) is 1.79. The van der Waals surface area contributed by atoms with Crippen LogP contribution in [0.1, 0.15) is 28.7 Å². The minimum atomic E-state index is -5.93. The lowest BCUT2D eigenvalue weighted by molar-refractivity contribution is -0.291. The number of carbonyl (C=O) groups is 1. The summed E-state index contributed by atoms with van der Waals surface area (Å²) in [4.78, 5) is 18.9. The summed E-state index contributed by atoms with van der Waals surface area (Å²) in [5.41, 5.74) is -0.852. The zero-order valence-corrected chi connectivity index (χ0v) is 18.0. The Balaban J connectivity index is 1.68. The van der Waals surface area contributed by atoms with Crippen molar-refractivity contribution < 1.29 is 31.1 Å². The van der Waals surface area contributed by atoms with E-state index in [2.05, 4.69) is 10.1 Å². The zero-order chi connectivity index (χ0) is 25.1. The maximum atomic E-state index is 14.6. The van der Waals surface area contributed by atoms with Crippen molar-refractivity contribution in [2.75, 3.05) is 4.90 Å². The number of hydrogen-bond donors (Lipinski definition) is 0. The molecule has 0 saturated carbocycles. The number of halogens is 6. The molecule has 0 saturated heterocycles. The van der Waals surface area contributed by atoms with E-state index in [9.17, 15) is 31.1 Å². The van der Waals surface area contributed by atoms with Gasteiger partial charge in [0.2, 0.25) is 0 Å². The summed E-state index contributed by atoms with van der Waals surface area (Å²) >= 11 is 0. The third-order valence-corrected chi connectivity index (χ3v) is 5.89. The minimum Gasteiger partial charge on any atom is -0.304 e. The average Bonchev–Trinajstić information content (AvgIpc) is 3.38. The number of alkyl halides is 5. The standard InChI is InChI=1S/C24H16F6N4O/c1-13-10-15-4-2-3-5-19(15)33(13)22(35)18-12-21-31-17(14-6-8-16(25)9-7-14)11-20(34(21)32-18)23(26,27)24(28,29)30/h2-9,11-13H,10H2,1H3. The molecule has 11 heteroatoms. The molecule has 0 N–H and O–H groups in total. The summed E-state index contributed by atoms with van der Waals surface area (Å²) in [6.07, 6.45) is -5.38. The van der Waals surface area contributed by atoms with E-state index >= 15 is 0 Å². The Morgan fingerprint density at radius 1 is 1.00 bits per heavy atom. The summed E-state index contributed by atoms with van der Waals surface area (Å²) in [6, 6.07) is 12.9. The van der Waals surface area contributed by atoms with Gasteiger partial charge in [0.15, 0.2) is 11.3 Å². The quantitative estimate of drug-likeness (QED) is 0.342. The van der Waals surface area contributed by atoms with Gasteiger partial charge in [0.1, 0.15) is 11.5 Å². The fraction of sp³-hybridized carbons (Fsp3) is 0.208. The Hall–Kier alpha value is -3.89. The smallest absolute Gasteiger partial charge is 0.304 e. The first kappa shape index (κ1) is 22.9. The molecule has 35 heavy (non-hydrogen) atoms. The van der Waals surface area contributed by atoms with Crippen LogP contribution in [0.2, 0.25) is 0 Å². The van der Waals surface area contributed by atoms with E-state index in [0.29, 0.717) is 22.7 Å². The second-order valence-corrected chi connectivity index (χ2v) is 8.26. The molecule has 0 aliphatic carbocycles. The van der Waals surface area contributed by atoms with Gasteiger partial charge in [0, 0.05) is 23.4 Å². The molecular weight excluding hydrogens is 474 g/mol. The molecule has 5 nitrogen and oxygen atoms in total. The van der Waals surface area contributed by atoms with Gasteiger partial charge in [0.25, 0.3) is 5.91 Å². The first-order chi connectivity index (χ1) is 16.5. The molecular formula is C24H16F6N4O. The van der Waals surface area contributed by atoms with E-state index in [4.69, 9.17) is 0 Å². The van der Waals surface area contributed by atoms with Gasteiger partial charge in [-0.2, -0.15) is 27.1 Å². The number of carbonyl (C=O) groups excluding carboxylic acids is 1. The first-order valence-corrected chi connectivity index (χ1v) is 10.5. The molecule has 180 valence electrons. The fourth-order valence-corrected chi connectivity index (χ4v) is 4.21. The zero-order valence-electron chi connectivity index (χ0n) is 18.0. The van der Waals surface area contributed by atoms with Crippen LogP contribution in [-0.2, 0) is 12.3 Å². The second-order valence-electron chi connectivity index (χ2n) is 8.26. The average molecular weight is 490 g/mol. The number of benzene rings is 2. The maximum absolute atomic E-state index is 14.6. The summed E-state index contributed by atoms with van der Waals surface area (Å²) in [5, 5.41) is 3.82. The van der Waals surface area contributed by atoms with Gasteiger partial charge < -0.3 is 4.90 Å². The molecule has 0 bridgehead atoms. The van der Waals surface area contributed by atoms with Crippen molar-refractivity contribution in [3.63, 3.8) is 0 Å². The van der Waals surface area contributed by atoms with Crippen LogP contribution in [0.15, 0.2) is 60.7 Å². The Labute approximate surface area is 194 Å². The predicted octanol–water partition coefficient (Wildman–Crippen LogP) is 5.78. The van der Waals surface area contributed by atoms with Crippen LogP contribution in [0.5, 0.6) is 0 Å². The monoisotopic (exact) mass is 490 g/mol. The van der Waals surface area contributed by atoms with E-state index < -0.39 is 29.5 Å².